The number of nitrogens with zero attached hydrogens (tertiary/aromatic N) is 1. The van der Waals surface area contributed by atoms with E-state index >= 15 is 0 Å². The van der Waals surface area contributed by atoms with E-state index in [-0.39, 0.29) is 5.54 Å². The number of likely N-dealkylation sites (tertiary alicyclic amines) is 1. The smallest absolute Gasteiger partial charge is 0.0503 e. The summed E-state index contributed by atoms with van der Waals surface area (Å²) in [5, 5.41) is 0. The van der Waals surface area contributed by atoms with Crippen molar-refractivity contribution < 1.29 is 0 Å². The Hall–Kier alpha value is -0.560. The second kappa shape index (κ2) is 6.56. The van der Waals surface area contributed by atoms with Gasteiger partial charge in [0.2, 0.25) is 0 Å². The monoisotopic (exact) mass is 249 g/mol. The molecule has 1 saturated heterocycles. The van der Waals surface area contributed by atoms with Crippen LogP contribution in [0.3, 0.4) is 0 Å². The first-order valence-corrected chi connectivity index (χ1v) is 7.44. The van der Waals surface area contributed by atoms with Crippen LogP contribution >= 0.6 is 0 Å². The molecule has 0 radical (unpaired) electrons. The Balaban J connectivity index is 2.14. The lowest BCUT2D eigenvalue weighted by Crippen LogP contribution is -2.62. The zero-order chi connectivity index (χ0) is 12.8. The van der Waals surface area contributed by atoms with Crippen LogP contribution in [0, 0.1) is 11.8 Å². The van der Waals surface area contributed by atoms with E-state index in [1.54, 1.807) is 0 Å². The van der Waals surface area contributed by atoms with Crippen molar-refractivity contribution in [1.29, 1.82) is 0 Å². The summed E-state index contributed by atoms with van der Waals surface area (Å²) in [4.78, 5) is 2.71. The molecule has 1 saturated carbocycles. The Bertz CT molecular complexity index is 303. The average Bonchev–Trinajstić information content (AvgIpc) is 2.91. The highest BCUT2D eigenvalue weighted by atomic mass is 15.3. The summed E-state index contributed by atoms with van der Waals surface area (Å²) >= 11 is 0. The summed E-state index contributed by atoms with van der Waals surface area (Å²) in [6, 6.07) is 0.325. The predicted octanol–water partition coefficient (Wildman–Crippen LogP) is 2.03. The summed E-state index contributed by atoms with van der Waals surface area (Å²) in [6.45, 7) is 4.41. The molecule has 2 aliphatic rings. The minimum absolute atomic E-state index is 0.277. The Labute approximate surface area is 111 Å². The molecule has 2 fully saturated rings. The molecule has 3 N–H and O–H groups in total. The largest absolute Gasteiger partial charge is 0.296 e. The van der Waals surface area contributed by atoms with Crippen LogP contribution in [-0.4, -0.2) is 29.6 Å². The number of hydrogen-bond donors (Lipinski definition) is 2. The van der Waals surface area contributed by atoms with E-state index in [0.29, 0.717) is 6.04 Å². The minimum Gasteiger partial charge on any atom is -0.296 e. The average molecular weight is 249 g/mol. The second-order valence-corrected chi connectivity index (χ2v) is 5.71. The highest BCUT2D eigenvalue weighted by Gasteiger charge is 2.45. The zero-order valence-corrected chi connectivity index (χ0v) is 11.7. The number of hydrogen-bond acceptors (Lipinski definition) is 3. The zero-order valence-electron chi connectivity index (χ0n) is 11.7. The van der Waals surface area contributed by atoms with Gasteiger partial charge >= 0.3 is 0 Å². The van der Waals surface area contributed by atoms with E-state index in [4.69, 9.17) is 5.84 Å². The maximum Gasteiger partial charge on any atom is 0.0503 e. The van der Waals surface area contributed by atoms with Gasteiger partial charge in [0.15, 0.2) is 0 Å². The molecule has 3 nitrogen and oxygen atoms in total. The van der Waals surface area contributed by atoms with Crippen LogP contribution in [0.25, 0.3) is 0 Å². The van der Waals surface area contributed by atoms with Crippen LogP contribution in [0.15, 0.2) is 0 Å². The van der Waals surface area contributed by atoms with Crippen LogP contribution in [0.4, 0.5) is 0 Å². The second-order valence-electron chi connectivity index (χ2n) is 5.71. The van der Waals surface area contributed by atoms with Gasteiger partial charge in [0.25, 0.3) is 0 Å². The van der Waals surface area contributed by atoms with E-state index in [1.807, 2.05) is 6.92 Å². The van der Waals surface area contributed by atoms with Crippen molar-refractivity contribution >= 4 is 0 Å². The fraction of sp³-hybridized carbons (Fsp3) is 0.867. The number of rotatable bonds is 4. The maximum atomic E-state index is 5.84. The van der Waals surface area contributed by atoms with E-state index < -0.39 is 0 Å². The van der Waals surface area contributed by atoms with Gasteiger partial charge in [-0.1, -0.05) is 19.3 Å². The SMILES string of the molecule is CC#CCC(NN)C1(N2CCCCC2)CCCC1. The first kappa shape index (κ1) is 13.9. The molecular weight excluding hydrogens is 222 g/mol. The molecule has 0 aromatic rings. The number of nitrogens with two attached hydrogens (primary N) is 1. The van der Waals surface area contributed by atoms with E-state index in [9.17, 15) is 0 Å². The number of piperidine rings is 1. The lowest BCUT2D eigenvalue weighted by molar-refractivity contribution is 0.0380. The highest BCUT2D eigenvalue weighted by Crippen LogP contribution is 2.40. The number of hydrazine groups is 1. The first-order chi connectivity index (χ1) is 8.83. The van der Waals surface area contributed by atoms with Gasteiger partial charge in [-0.15, -0.1) is 11.8 Å². The molecule has 18 heavy (non-hydrogen) atoms. The third-order valence-electron chi connectivity index (χ3n) is 4.79. The normalized spacial score (nSPS) is 25.4. The van der Waals surface area contributed by atoms with Gasteiger partial charge in [-0.2, -0.15) is 0 Å². The van der Waals surface area contributed by atoms with Crippen molar-refractivity contribution in [1.82, 2.24) is 10.3 Å². The van der Waals surface area contributed by atoms with E-state index in [2.05, 4.69) is 22.2 Å². The van der Waals surface area contributed by atoms with Gasteiger partial charge in [-0.25, -0.2) is 0 Å². The number of nitrogens with one attached hydrogen (secondary N) is 1. The van der Waals surface area contributed by atoms with Crippen LogP contribution in [0.2, 0.25) is 0 Å². The lowest BCUT2D eigenvalue weighted by atomic mass is 9.83. The van der Waals surface area contributed by atoms with Gasteiger partial charge in [-0.05, 0) is 45.7 Å². The molecule has 1 heterocycles. The van der Waals surface area contributed by atoms with Gasteiger partial charge in [0.1, 0.15) is 0 Å². The molecule has 1 unspecified atom stereocenters. The lowest BCUT2D eigenvalue weighted by Gasteiger charge is -2.48. The Morgan fingerprint density at radius 3 is 2.39 bits per heavy atom. The van der Waals surface area contributed by atoms with Crippen molar-refractivity contribution in [2.75, 3.05) is 13.1 Å². The minimum atomic E-state index is 0.277. The van der Waals surface area contributed by atoms with Crippen LogP contribution in [-0.2, 0) is 0 Å². The standard InChI is InChI=1S/C15H27N3/c1-2-3-9-14(17-16)15(10-5-6-11-15)18-12-7-4-8-13-18/h14,17H,4-13,16H2,1H3. The molecule has 102 valence electrons. The van der Waals surface area contributed by atoms with Crippen LogP contribution < -0.4 is 11.3 Å². The van der Waals surface area contributed by atoms with Gasteiger partial charge in [-0.3, -0.25) is 16.2 Å². The Kier molecular flexibility index (Phi) is 5.05. The molecule has 3 heteroatoms. The summed E-state index contributed by atoms with van der Waals surface area (Å²) in [5.41, 5.74) is 3.35. The Morgan fingerprint density at radius 2 is 1.83 bits per heavy atom. The summed E-state index contributed by atoms with van der Waals surface area (Å²) in [5.74, 6) is 12.1. The van der Waals surface area contributed by atoms with Gasteiger partial charge in [0.05, 0.1) is 6.04 Å². The third-order valence-corrected chi connectivity index (χ3v) is 4.79. The van der Waals surface area contributed by atoms with Gasteiger partial charge in [0, 0.05) is 12.0 Å². The highest BCUT2D eigenvalue weighted by molar-refractivity contribution is 5.09. The predicted molar refractivity (Wildman–Crippen MR) is 75.8 cm³/mol. The van der Waals surface area contributed by atoms with Crippen molar-refractivity contribution in [3.8, 4) is 11.8 Å². The molecule has 0 aromatic heterocycles. The van der Waals surface area contributed by atoms with Crippen molar-refractivity contribution in [3.05, 3.63) is 0 Å². The fourth-order valence-electron chi connectivity index (χ4n) is 3.82. The third kappa shape index (κ3) is 2.71. The van der Waals surface area contributed by atoms with E-state index in [1.165, 1.54) is 58.0 Å². The van der Waals surface area contributed by atoms with Gasteiger partial charge < -0.3 is 0 Å². The molecule has 2 rings (SSSR count). The van der Waals surface area contributed by atoms with E-state index in [0.717, 1.165) is 6.42 Å². The molecular formula is C15H27N3. The van der Waals surface area contributed by atoms with Crippen LogP contribution in [0.1, 0.15) is 58.3 Å². The summed E-state index contributed by atoms with van der Waals surface area (Å²) in [6.07, 6.45) is 10.2. The first-order valence-electron chi connectivity index (χ1n) is 7.44. The summed E-state index contributed by atoms with van der Waals surface area (Å²) in [7, 11) is 0. The fourth-order valence-corrected chi connectivity index (χ4v) is 3.82. The molecule has 1 aliphatic heterocycles. The molecule has 1 aliphatic carbocycles. The van der Waals surface area contributed by atoms with Crippen molar-refractivity contribution in [3.63, 3.8) is 0 Å². The quantitative estimate of drug-likeness (QED) is 0.455. The summed E-state index contributed by atoms with van der Waals surface area (Å²) < 4.78 is 0. The molecule has 0 bridgehead atoms. The Morgan fingerprint density at radius 1 is 1.17 bits per heavy atom. The van der Waals surface area contributed by atoms with Crippen LogP contribution in [0.5, 0.6) is 0 Å². The molecule has 0 aromatic carbocycles. The maximum absolute atomic E-state index is 5.84. The topological polar surface area (TPSA) is 41.3 Å². The molecule has 0 spiro atoms. The molecule has 0 amide bonds. The molecule has 1 atom stereocenters. The van der Waals surface area contributed by atoms with Crippen molar-refractivity contribution in [2.24, 2.45) is 5.84 Å². The van der Waals surface area contributed by atoms with Crippen molar-refractivity contribution in [2.45, 2.75) is 69.9 Å².